The SMILES string of the molecule is COc1cc2nc(CCCl)n(-c3ccsc3)c2cc1OC. The van der Waals surface area contributed by atoms with Crippen molar-refractivity contribution >= 4 is 34.0 Å². The third-order valence-corrected chi connectivity index (χ3v) is 4.17. The van der Waals surface area contributed by atoms with Crippen LogP contribution in [0.15, 0.2) is 29.0 Å². The van der Waals surface area contributed by atoms with Gasteiger partial charge in [-0.3, -0.25) is 4.57 Å². The van der Waals surface area contributed by atoms with Gasteiger partial charge in [0.15, 0.2) is 11.5 Å². The van der Waals surface area contributed by atoms with Crippen LogP contribution < -0.4 is 9.47 Å². The fraction of sp³-hybridized carbons (Fsp3) is 0.267. The van der Waals surface area contributed by atoms with Crippen molar-refractivity contribution in [3.63, 3.8) is 0 Å². The monoisotopic (exact) mass is 322 g/mol. The lowest BCUT2D eigenvalue weighted by Gasteiger charge is -2.09. The predicted octanol–water partition coefficient (Wildman–Crippen LogP) is 3.89. The quantitative estimate of drug-likeness (QED) is 0.669. The van der Waals surface area contributed by atoms with E-state index in [2.05, 4.69) is 21.0 Å². The summed E-state index contributed by atoms with van der Waals surface area (Å²) in [6.07, 6.45) is 0.705. The van der Waals surface area contributed by atoms with Gasteiger partial charge in [-0.05, 0) is 11.4 Å². The Balaban J connectivity index is 2.29. The topological polar surface area (TPSA) is 36.3 Å². The predicted molar refractivity (Wildman–Crippen MR) is 86.5 cm³/mol. The zero-order chi connectivity index (χ0) is 14.8. The molecule has 0 bridgehead atoms. The van der Waals surface area contributed by atoms with E-state index in [1.807, 2.05) is 17.5 Å². The number of rotatable bonds is 5. The minimum Gasteiger partial charge on any atom is -0.493 e. The Hall–Kier alpha value is -1.72. The molecule has 6 heteroatoms. The molecule has 0 unspecified atom stereocenters. The molecule has 0 aliphatic carbocycles. The number of aryl methyl sites for hydroxylation is 1. The molecule has 21 heavy (non-hydrogen) atoms. The first-order valence-corrected chi connectivity index (χ1v) is 7.98. The molecule has 0 saturated carbocycles. The number of alkyl halides is 1. The van der Waals surface area contributed by atoms with Crippen molar-refractivity contribution in [3.05, 3.63) is 34.8 Å². The lowest BCUT2D eigenvalue weighted by Crippen LogP contribution is -2.01. The molecule has 3 rings (SSSR count). The lowest BCUT2D eigenvalue weighted by molar-refractivity contribution is 0.355. The zero-order valence-corrected chi connectivity index (χ0v) is 13.4. The van der Waals surface area contributed by atoms with Crippen LogP contribution in [0.25, 0.3) is 16.7 Å². The zero-order valence-electron chi connectivity index (χ0n) is 11.8. The fourth-order valence-corrected chi connectivity index (χ4v) is 3.17. The highest BCUT2D eigenvalue weighted by molar-refractivity contribution is 7.08. The maximum Gasteiger partial charge on any atom is 0.163 e. The summed E-state index contributed by atoms with van der Waals surface area (Å²) in [5.74, 6) is 2.84. The number of halogens is 1. The maximum atomic E-state index is 5.91. The number of methoxy groups -OCH3 is 2. The number of thiophene rings is 1. The molecule has 3 aromatic rings. The highest BCUT2D eigenvalue weighted by atomic mass is 35.5. The van der Waals surface area contributed by atoms with Crippen molar-refractivity contribution in [2.75, 3.05) is 20.1 Å². The first-order chi connectivity index (χ1) is 10.3. The summed E-state index contributed by atoms with van der Waals surface area (Å²) >= 11 is 7.57. The first kappa shape index (κ1) is 14.2. The van der Waals surface area contributed by atoms with Gasteiger partial charge in [0, 0.05) is 29.8 Å². The summed E-state index contributed by atoms with van der Waals surface area (Å²) in [5.41, 5.74) is 2.96. The van der Waals surface area contributed by atoms with Crippen LogP contribution in [0.1, 0.15) is 5.82 Å². The molecule has 0 saturated heterocycles. The van der Waals surface area contributed by atoms with Crippen molar-refractivity contribution in [3.8, 4) is 17.2 Å². The van der Waals surface area contributed by atoms with Gasteiger partial charge in [0.2, 0.25) is 0 Å². The van der Waals surface area contributed by atoms with Crippen LogP contribution in [0, 0.1) is 0 Å². The number of hydrogen-bond donors (Lipinski definition) is 0. The summed E-state index contributed by atoms with van der Waals surface area (Å²) in [6, 6.07) is 5.92. The molecule has 0 aliphatic heterocycles. The molecule has 0 N–H and O–H groups in total. The van der Waals surface area contributed by atoms with E-state index >= 15 is 0 Å². The second-order valence-corrected chi connectivity index (χ2v) is 5.64. The molecular formula is C15H15ClN2O2S. The first-order valence-electron chi connectivity index (χ1n) is 6.50. The Kier molecular flexibility index (Phi) is 4.03. The number of aromatic nitrogens is 2. The number of imidazole rings is 1. The summed E-state index contributed by atoms with van der Waals surface area (Å²) in [6.45, 7) is 0. The standard InChI is InChI=1S/C15H15ClN2O2S/c1-19-13-7-11-12(8-14(13)20-2)18(10-4-6-21-9-10)15(17-11)3-5-16/h4,6-9H,3,5H2,1-2H3. The van der Waals surface area contributed by atoms with Gasteiger partial charge in [0.25, 0.3) is 0 Å². The van der Waals surface area contributed by atoms with E-state index in [0.29, 0.717) is 23.8 Å². The molecule has 0 spiro atoms. The second kappa shape index (κ2) is 5.95. The molecule has 4 nitrogen and oxygen atoms in total. The molecule has 0 fully saturated rings. The van der Waals surface area contributed by atoms with Gasteiger partial charge in [0.1, 0.15) is 5.82 Å². The van der Waals surface area contributed by atoms with Crippen LogP contribution in [0.5, 0.6) is 11.5 Å². The maximum absolute atomic E-state index is 5.91. The third-order valence-electron chi connectivity index (χ3n) is 3.31. The van der Waals surface area contributed by atoms with Gasteiger partial charge in [0.05, 0.1) is 30.9 Å². The number of ether oxygens (including phenoxy) is 2. The van der Waals surface area contributed by atoms with Gasteiger partial charge >= 0.3 is 0 Å². The van der Waals surface area contributed by atoms with E-state index < -0.39 is 0 Å². The highest BCUT2D eigenvalue weighted by Crippen LogP contribution is 2.34. The molecule has 2 heterocycles. The fourth-order valence-electron chi connectivity index (χ4n) is 2.38. The van der Waals surface area contributed by atoms with Gasteiger partial charge in [-0.15, -0.1) is 11.6 Å². The van der Waals surface area contributed by atoms with Gasteiger partial charge in [-0.2, -0.15) is 11.3 Å². The van der Waals surface area contributed by atoms with Gasteiger partial charge < -0.3 is 9.47 Å². The molecule has 110 valence electrons. The molecular weight excluding hydrogens is 308 g/mol. The number of nitrogens with zero attached hydrogens (tertiary/aromatic N) is 2. The Morgan fingerprint density at radius 1 is 1.24 bits per heavy atom. The van der Waals surface area contributed by atoms with E-state index in [9.17, 15) is 0 Å². The van der Waals surface area contributed by atoms with E-state index in [0.717, 1.165) is 22.5 Å². The highest BCUT2D eigenvalue weighted by Gasteiger charge is 2.16. The van der Waals surface area contributed by atoms with Crippen molar-refractivity contribution in [1.29, 1.82) is 0 Å². The normalized spacial score (nSPS) is 11.0. The van der Waals surface area contributed by atoms with E-state index in [1.54, 1.807) is 25.6 Å². The minimum atomic E-state index is 0.529. The molecule has 1 aromatic carbocycles. The van der Waals surface area contributed by atoms with Crippen molar-refractivity contribution in [2.45, 2.75) is 6.42 Å². The number of hydrogen-bond acceptors (Lipinski definition) is 4. The van der Waals surface area contributed by atoms with E-state index in [-0.39, 0.29) is 0 Å². The van der Waals surface area contributed by atoms with E-state index in [4.69, 9.17) is 21.1 Å². The molecule has 0 radical (unpaired) electrons. The molecule has 2 aromatic heterocycles. The summed E-state index contributed by atoms with van der Waals surface area (Å²) in [4.78, 5) is 4.69. The smallest absolute Gasteiger partial charge is 0.163 e. The van der Waals surface area contributed by atoms with Gasteiger partial charge in [-0.25, -0.2) is 4.98 Å². The van der Waals surface area contributed by atoms with Crippen LogP contribution >= 0.6 is 22.9 Å². The number of benzene rings is 1. The van der Waals surface area contributed by atoms with Crippen molar-refractivity contribution in [2.24, 2.45) is 0 Å². The van der Waals surface area contributed by atoms with Crippen LogP contribution in [0.4, 0.5) is 0 Å². The summed E-state index contributed by atoms with van der Waals surface area (Å²) in [5, 5.41) is 4.14. The summed E-state index contributed by atoms with van der Waals surface area (Å²) in [7, 11) is 3.26. The van der Waals surface area contributed by atoms with Crippen molar-refractivity contribution < 1.29 is 9.47 Å². The lowest BCUT2D eigenvalue weighted by atomic mass is 10.2. The Morgan fingerprint density at radius 2 is 2.00 bits per heavy atom. The Morgan fingerprint density at radius 3 is 2.62 bits per heavy atom. The molecule has 0 aliphatic rings. The third kappa shape index (κ3) is 2.47. The van der Waals surface area contributed by atoms with Crippen LogP contribution in [0.2, 0.25) is 0 Å². The minimum absolute atomic E-state index is 0.529. The number of fused-ring (bicyclic) bond motifs is 1. The summed E-state index contributed by atoms with van der Waals surface area (Å²) < 4.78 is 12.9. The van der Waals surface area contributed by atoms with Crippen LogP contribution in [-0.2, 0) is 6.42 Å². The molecule has 0 amide bonds. The van der Waals surface area contributed by atoms with Crippen LogP contribution in [0.3, 0.4) is 0 Å². The second-order valence-electron chi connectivity index (χ2n) is 4.48. The Bertz CT molecular complexity index is 753. The molecule has 0 atom stereocenters. The van der Waals surface area contributed by atoms with Crippen LogP contribution in [-0.4, -0.2) is 29.7 Å². The van der Waals surface area contributed by atoms with E-state index in [1.165, 1.54) is 0 Å². The Labute approximate surface area is 131 Å². The van der Waals surface area contributed by atoms with Crippen molar-refractivity contribution in [1.82, 2.24) is 9.55 Å². The average Bonchev–Trinajstić information content (AvgIpc) is 3.12. The largest absolute Gasteiger partial charge is 0.493 e. The average molecular weight is 323 g/mol. The van der Waals surface area contributed by atoms with Gasteiger partial charge in [-0.1, -0.05) is 0 Å².